The first-order chi connectivity index (χ1) is 5.50. The smallest absolute Gasteiger partial charge is 0.0229 e. The fourth-order valence-electron chi connectivity index (χ4n) is 0.581. The molecule has 1 aliphatic rings. The number of hydrogen-bond acceptors (Lipinski definition) is 2. The van der Waals surface area contributed by atoms with Gasteiger partial charge in [-0.05, 0) is 5.41 Å². The van der Waals surface area contributed by atoms with Crippen molar-refractivity contribution in [2.75, 3.05) is 5.75 Å². The Kier molecular flexibility index (Phi) is 9.36. The first kappa shape index (κ1) is 12.2. The molecule has 0 saturated carbocycles. The van der Waals surface area contributed by atoms with E-state index < -0.39 is 0 Å². The molecule has 1 aromatic carbocycles. The molecule has 0 spiro atoms. The summed E-state index contributed by atoms with van der Waals surface area (Å²) in [4.78, 5) is 0. The Hall–Kier alpha value is 0.154. The van der Waals surface area contributed by atoms with Gasteiger partial charge < -0.3 is 0 Å². The quantitative estimate of drug-likeness (QED) is 0.503. The van der Waals surface area contributed by atoms with Crippen molar-refractivity contribution in [1.29, 1.82) is 0 Å². The zero-order valence-corrected chi connectivity index (χ0v) is 9.08. The third kappa shape index (κ3) is 6.84. The van der Waals surface area contributed by atoms with Gasteiger partial charge >= 0.3 is 0 Å². The zero-order valence-electron chi connectivity index (χ0n) is 6.46. The van der Waals surface area contributed by atoms with Gasteiger partial charge in [0.1, 0.15) is 0 Å². The van der Waals surface area contributed by atoms with Crippen LogP contribution in [0.2, 0.25) is 0 Å². The van der Waals surface area contributed by atoms with E-state index in [1.165, 1.54) is 5.75 Å². The van der Waals surface area contributed by atoms with Gasteiger partial charge in [0.2, 0.25) is 0 Å². The van der Waals surface area contributed by atoms with Crippen LogP contribution in [0.15, 0.2) is 47.9 Å². The second kappa shape index (κ2) is 9.24. The molecule has 1 aliphatic heterocycles. The molecule has 0 unspecified atom stereocenters. The summed E-state index contributed by atoms with van der Waals surface area (Å²) >= 11 is 0. The minimum atomic E-state index is 0. The summed E-state index contributed by atoms with van der Waals surface area (Å²) in [5, 5.41) is 2.12. The maximum absolute atomic E-state index is 2.16. The predicted molar refractivity (Wildman–Crippen MR) is 55.6 cm³/mol. The molecule has 0 atom stereocenters. The molecule has 0 aromatic heterocycles. The van der Waals surface area contributed by atoms with Crippen molar-refractivity contribution in [2.24, 2.45) is 0 Å². The first-order valence-electron chi connectivity index (χ1n) is 3.43. The number of benzene rings is 1. The van der Waals surface area contributed by atoms with Crippen LogP contribution >= 0.6 is 21.6 Å². The monoisotopic (exact) mass is 240 g/mol. The van der Waals surface area contributed by atoms with Crippen LogP contribution in [0.5, 0.6) is 0 Å². The zero-order chi connectivity index (χ0) is 7.78. The first-order valence-corrected chi connectivity index (χ1v) is 5.81. The van der Waals surface area contributed by atoms with Crippen molar-refractivity contribution in [3.63, 3.8) is 0 Å². The van der Waals surface area contributed by atoms with E-state index in [-0.39, 0.29) is 16.5 Å². The molecular formula is C9H10NiS2. The Morgan fingerprint density at radius 3 is 1.50 bits per heavy atom. The van der Waals surface area contributed by atoms with Gasteiger partial charge in [-0.15, -0.1) is 0 Å². The van der Waals surface area contributed by atoms with Gasteiger partial charge in [-0.2, -0.15) is 0 Å². The fourth-order valence-corrected chi connectivity index (χ4v) is 2.15. The summed E-state index contributed by atoms with van der Waals surface area (Å²) in [6, 6.07) is 12.0. The van der Waals surface area contributed by atoms with Crippen molar-refractivity contribution in [2.45, 2.75) is 0 Å². The fraction of sp³-hybridized carbons (Fsp3) is 0.111. The molecule has 1 aromatic rings. The average molecular weight is 241 g/mol. The maximum atomic E-state index is 2.16. The summed E-state index contributed by atoms with van der Waals surface area (Å²) < 4.78 is 0. The van der Waals surface area contributed by atoms with Gasteiger partial charge in [0.15, 0.2) is 0 Å². The van der Waals surface area contributed by atoms with Crippen molar-refractivity contribution >= 4 is 21.6 Å². The van der Waals surface area contributed by atoms with Gasteiger partial charge in [0.25, 0.3) is 0 Å². The maximum Gasteiger partial charge on any atom is 0.0229 e. The second-order valence-corrected chi connectivity index (χ2v) is 4.23. The summed E-state index contributed by atoms with van der Waals surface area (Å²) in [5.41, 5.74) is 0. The standard InChI is InChI=1S/C6H6.C3H4S2.Ni/c1-2-4-6-5-3-1;1-2-4-5-3-1;/h1-6H;1-2H,3H2;. The minimum Gasteiger partial charge on any atom is -0.0854 e. The Morgan fingerprint density at radius 2 is 1.33 bits per heavy atom. The predicted octanol–water partition coefficient (Wildman–Crippen LogP) is 3.58. The van der Waals surface area contributed by atoms with Crippen molar-refractivity contribution < 1.29 is 16.5 Å². The van der Waals surface area contributed by atoms with Crippen molar-refractivity contribution in [3.05, 3.63) is 47.9 Å². The number of hydrogen-bond donors (Lipinski definition) is 0. The third-order valence-corrected chi connectivity index (χ3v) is 2.97. The summed E-state index contributed by atoms with van der Waals surface area (Å²) in [6.45, 7) is 0. The van der Waals surface area contributed by atoms with E-state index in [0.717, 1.165) is 0 Å². The molecule has 0 amide bonds. The molecule has 0 nitrogen and oxygen atoms in total. The Balaban J connectivity index is 0.000000189. The summed E-state index contributed by atoms with van der Waals surface area (Å²) in [5.74, 6) is 1.20. The van der Waals surface area contributed by atoms with Gasteiger partial charge in [-0.25, -0.2) is 0 Å². The summed E-state index contributed by atoms with van der Waals surface area (Å²) in [7, 11) is 3.69. The molecule has 68 valence electrons. The summed E-state index contributed by atoms with van der Waals surface area (Å²) in [6.07, 6.45) is 2.16. The van der Waals surface area contributed by atoms with Gasteiger partial charge in [-0.1, -0.05) is 64.1 Å². The van der Waals surface area contributed by atoms with Crippen LogP contribution in [-0.4, -0.2) is 5.75 Å². The Morgan fingerprint density at radius 1 is 0.833 bits per heavy atom. The SMILES string of the molecule is C1=CSSC1.[Ni].c1ccccc1. The normalized spacial score (nSPS) is 12.7. The van der Waals surface area contributed by atoms with Crippen LogP contribution in [-0.2, 0) is 16.5 Å². The van der Waals surface area contributed by atoms with E-state index >= 15 is 0 Å². The van der Waals surface area contributed by atoms with Crippen LogP contribution in [0.1, 0.15) is 0 Å². The molecule has 12 heavy (non-hydrogen) atoms. The third-order valence-electron chi connectivity index (χ3n) is 1.05. The van der Waals surface area contributed by atoms with E-state index in [1.807, 2.05) is 58.0 Å². The van der Waals surface area contributed by atoms with E-state index in [1.54, 1.807) is 0 Å². The average Bonchev–Trinajstić information content (AvgIpc) is 2.64. The topological polar surface area (TPSA) is 0 Å². The van der Waals surface area contributed by atoms with Gasteiger partial charge in [0, 0.05) is 22.2 Å². The van der Waals surface area contributed by atoms with E-state index in [9.17, 15) is 0 Å². The molecule has 0 saturated heterocycles. The molecule has 0 N–H and O–H groups in total. The molecule has 0 radical (unpaired) electrons. The molecule has 1 heterocycles. The van der Waals surface area contributed by atoms with Crippen LogP contribution in [0.25, 0.3) is 0 Å². The van der Waals surface area contributed by atoms with Crippen LogP contribution in [0, 0.1) is 0 Å². The Bertz CT molecular complexity index is 166. The minimum absolute atomic E-state index is 0. The molecule has 3 heteroatoms. The molecule has 2 rings (SSSR count). The van der Waals surface area contributed by atoms with Crippen molar-refractivity contribution in [3.8, 4) is 0 Å². The Labute approximate surface area is 91.5 Å². The number of rotatable bonds is 0. The molecular weight excluding hydrogens is 231 g/mol. The van der Waals surface area contributed by atoms with Crippen LogP contribution in [0.3, 0.4) is 0 Å². The largest absolute Gasteiger partial charge is 0.0854 e. The van der Waals surface area contributed by atoms with Crippen molar-refractivity contribution in [1.82, 2.24) is 0 Å². The van der Waals surface area contributed by atoms with E-state index in [4.69, 9.17) is 0 Å². The molecule has 0 fully saturated rings. The van der Waals surface area contributed by atoms with Gasteiger partial charge in [0.05, 0.1) is 0 Å². The molecule has 0 aliphatic carbocycles. The van der Waals surface area contributed by atoms with Crippen LogP contribution in [0.4, 0.5) is 0 Å². The van der Waals surface area contributed by atoms with E-state index in [0.29, 0.717) is 0 Å². The van der Waals surface area contributed by atoms with E-state index in [2.05, 4.69) is 11.5 Å². The van der Waals surface area contributed by atoms with Crippen LogP contribution < -0.4 is 0 Å². The second-order valence-electron chi connectivity index (χ2n) is 1.91. The molecule has 0 bridgehead atoms. The van der Waals surface area contributed by atoms with Gasteiger partial charge in [-0.3, -0.25) is 0 Å².